The Morgan fingerprint density at radius 3 is 2.32 bits per heavy atom. The molecule has 5 rings (SSSR count). The molecule has 190 valence electrons. The van der Waals surface area contributed by atoms with Gasteiger partial charge in [0.05, 0.1) is 37.0 Å². The summed E-state index contributed by atoms with van der Waals surface area (Å²) in [5.41, 5.74) is 10.6. The van der Waals surface area contributed by atoms with Gasteiger partial charge in [0.2, 0.25) is 0 Å². The first-order valence-electron chi connectivity index (χ1n) is 11.7. The van der Waals surface area contributed by atoms with Crippen molar-refractivity contribution >= 4 is 46.1 Å². The van der Waals surface area contributed by atoms with Crippen molar-refractivity contribution in [2.75, 3.05) is 20.0 Å². The zero-order chi connectivity index (χ0) is 26.6. The van der Waals surface area contributed by atoms with E-state index in [1.54, 1.807) is 37.6 Å². The van der Waals surface area contributed by atoms with Crippen LogP contribution in [0.4, 0.5) is 5.82 Å². The van der Waals surface area contributed by atoms with Crippen LogP contribution in [-0.4, -0.2) is 47.0 Å². The van der Waals surface area contributed by atoms with E-state index < -0.39 is 11.9 Å². The summed E-state index contributed by atoms with van der Waals surface area (Å²) in [6.07, 6.45) is 1.56. The molecule has 0 spiro atoms. The molecule has 0 aliphatic heterocycles. The van der Waals surface area contributed by atoms with Gasteiger partial charge in [-0.25, -0.2) is 14.8 Å². The van der Waals surface area contributed by atoms with E-state index in [1.165, 1.54) is 11.8 Å². The van der Waals surface area contributed by atoms with E-state index in [-0.39, 0.29) is 17.9 Å². The number of rotatable bonds is 7. The number of ether oxygens (including phenoxy) is 2. The lowest BCUT2D eigenvalue weighted by atomic mass is 10.1. The van der Waals surface area contributed by atoms with Gasteiger partial charge in [-0.3, -0.25) is 4.79 Å². The lowest BCUT2D eigenvalue weighted by Crippen LogP contribution is -2.23. The van der Waals surface area contributed by atoms with Crippen molar-refractivity contribution in [2.45, 2.75) is 6.54 Å². The summed E-state index contributed by atoms with van der Waals surface area (Å²) >= 11 is 0. The smallest absolute Gasteiger partial charge is 0.337 e. The summed E-state index contributed by atoms with van der Waals surface area (Å²) in [6, 6.07) is 21.5. The van der Waals surface area contributed by atoms with E-state index in [9.17, 15) is 9.59 Å². The molecule has 10 nitrogen and oxygen atoms in total. The highest BCUT2D eigenvalue weighted by atomic mass is 16.5. The van der Waals surface area contributed by atoms with E-state index in [4.69, 9.17) is 20.2 Å². The van der Waals surface area contributed by atoms with Gasteiger partial charge in [-0.2, -0.15) is 9.78 Å². The molecule has 10 heteroatoms. The lowest BCUT2D eigenvalue weighted by Gasteiger charge is -2.06. The van der Waals surface area contributed by atoms with Crippen LogP contribution >= 0.6 is 0 Å². The van der Waals surface area contributed by atoms with Gasteiger partial charge in [0.1, 0.15) is 22.6 Å². The SMILES string of the molecule is COC(=O)c1ccc(/C=N\n2c(N)c(C(=O)NCc3ccc(OC)cc3)c3nc4ccccc4nc32)cc1. The fourth-order valence-electron chi connectivity index (χ4n) is 3.95. The Balaban J connectivity index is 1.52. The topological polar surface area (TPSA) is 134 Å². The average molecular weight is 509 g/mol. The number of carbonyl (C=O) groups is 2. The molecule has 5 aromatic rings. The molecule has 2 heterocycles. The molecule has 0 aliphatic carbocycles. The molecule has 0 fully saturated rings. The number of hydrogen-bond acceptors (Lipinski definition) is 8. The van der Waals surface area contributed by atoms with Crippen LogP contribution in [0.15, 0.2) is 77.9 Å². The molecule has 0 saturated heterocycles. The maximum atomic E-state index is 13.3. The van der Waals surface area contributed by atoms with Gasteiger partial charge in [0.25, 0.3) is 5.91 Å². The molecule has 38 heavy (non-hydrogen) atoms. The number of esters is 1. The van der Waals surface area contributed by atoms with Crippen LogP contribution in [-0.2, 0) is 11.3 Å². The number of nitrogens with two attached hydrogens (primary N) is 1. The molecule has 1 amide bonds. The third kappa shape index (κ3) is 4.74. The Morgan fingerprint density at radius 1 is 0.974 bits per heavy atom. The minimum atomic E-state index is -0.429. The molecule has 3 aromatic carbocycles. The van der Waals surface area contributed by atoms with Crippen molar-refractivity contribution < 1.29 is 19.1 Å². The highest BCUT2D eigenvalue weighted by Crippen LogP contribution is 2.28. The normalized spacial score (nSPS) is 11.2. The summed E-state index contributed by atoms with van der Waals surface area (Å²) in [7, 11) is 2.92. The third-order valence-corrected chi connectivity index (χ3v) is 5.97. The van der Waals surface area contributed by atoms with Gasteiger partial charge in [0.15, 0.2) is 5.65 Å². The number of aromatic nitrogens is 3. The second-order valence-electron chi connectivity index (χ2n) is 8.35. The number of para-hydroxylation sites is 2. The Labute approximate surface area is 217 Å². The molecule has 0 radical (unpaired) electrons. The van der Waals surface area contributed by atoms with Crippen molar-refractivity contribution in [1.29, 1.82) is 0 Å². The number of carbonyl (C=O) groups excluding carboxylic acids is 2. The van der Waals surface area contributed by atoms with Crippen LogP contribution in [0.2, 0.25) is 0 Å². The number of nitrogens with zero attached hydrogens (tertiary/aromatic N) is 4. The second-order valence-corrected chi connectivity index (χ2v) is 8.35. The van der Waals surface area contributed by atoms with Crippen molar-refractivity contribution in [2.24, 2.45) is 5.10 Å². The van der Waals surface area contributed by atoms with Crippen molar-refractivity contribution in [3.8, 4) is 5.75 Å². The van der Waals surface area contributed by atoms with Gasteiger partial charge < -0.3 is 20.5 Å². The number of methoxy groups -OCH3 is 2. The van der Waals surface area contributed by atoms with Crippen LogP contribution < -0.4 is 15.8 Å². The van der Waals surface area contributed by atoms with Gasteiger partial charge >= 0.3 is 5.97 Å². The first-order chi connectivity index (χ1) is 18.5. The highest BCUT2D eigenvalue weighted by Gasteiger charge is 2.24. The number of hydrogen-bond donors (Lipinski definition) is 2. The number of nitrogen functional groups attached to an aromatic ring is 1. The van der Waals surface area contributed by atoms with Crippen molar-refractivity contribution in [3.63, 3.8) is 0 Å². The molecular weight excluding hydrogens is 484 g/mol. The second kappa shape index (κ2) is 10.4. The van der Waals surface area contributed by atoms with E-state index >= 15 is 0 Å². The molecule has 0 bridgehead atoms. The van der Waals surface area contributed by atoms with Gasteiger partial charge in [-0.1, -0.05) is 36.4 Å². The molecule has 0 saturated carbocycles. The third-order valence-electron chi connectivity index (χ3n) is 5.97. The Hall–Kier alpha value is -5.25. The van der Waals surface area contributed by atoms with Crippen LogP contribution in [0.25, 0.3) is 22.2 Å². The molecule has 3 N–H and O–H groups in total. The molecule has 0 atom stereocenters. The zero-order valence-corrected chi connectivity index (χ0v) is 20.7. The quantitative estimate of drug-likeness (QED) is 0.252. The van der Waals surface area contributed by atoms with Crippen LogP contribution in [0, 0.1) is 0 Å². The first kappa shape index (κ1) is 24.4. The monoisotopic (exact) mass is 508 g/mol. The summed E-state index contributed by atoms with van der Waals surface area (Å²) in [4.78, 5) is 34.4. The number of anilines is 1. The minimum Gasteiger partial charge on any atom is -0.497 e. The van der Waals surface area contributed by atoms with E-state index in [2.05, 4.69) is 15.4 Å². The zero-order valence-electron chi connectivity index (χ0n) is 20.7. The van der Waals surface area contributed by atoms with Crippen LogP contribution in [0.1, 0.15) is 31.8 Å². The molecule has 0 aliphatic rings. The Kier molecular flexibility index (Phi) is 6.68. The van der Waals surface area contributed by atoms with Crippen LogP contribution in [0.5, 0.6) is 5.75 Å². The number of amides is 1. The molecule has 0 unspecified atom stereocenters. The molecular formula is C28H24N6O4. The van der Waals surface area contributed by atoms with Gasteiger partial charge in [-0.15, -0.1) is 0 Å². The average Bonchev–Trinajstić information content (AvgIpc) is 3.23. The number of benzene rings is 3. The summed E-state index contributed by atoms with van der Waals surface area (Å²) in [5, 5.41) is 7.41. The Bertz CT molecular complexity index is 1670. The first-order valence-corrected chi connectivity index (χ1v) is 11.7. The summed E-state index contributed by atoms with van der Waals surface area (Å²) in [5.74, 6) is 0.00294. The number of nitrogens with one attached hydrogen (secondary N) is 1. The molecule has 2 aromatic heterocycles. The largest absolute Gasteiger partial charge is 0.497 e. The van der Waals surface area contributed by atoms with E-state index in [0.29, 0.717) is 33.3 Å². The lowest BCUT2D eigenvalue weighted by molar-refractivity contribution is 0.0600. The Morgan fingerprint density at radius 2 is 1.66 bits per heavy atom. The maximum Gasteiger partial charge on any atom is 0.337 e. The predicted octanol–water partition coefficient (Wildman–Crippen LogP) is 3.77. The predicted molar refractivity (Wildman–Crippen MR) is 144 cm³/mol. The fraction of sp³-hybridized carbons (Fsp3) is 0.107. The van der Waals surface area contributed by atoms with Gasteiger partial charge in [0, 0.05) is 6.54 Å². The number of fused-ring (bicyclic) bond motifs is 2. The standard InChI is InChI=1S/C28H24N6O4/c1-37-20-13-9-17(10-14-20)15-30-27(35)23-24-26(33-22-6-4-3-5-21(22)32-24)34(25(23)29)31-16-18-7-11-19(12-8-18)28(36)38-2/h3-14,16H,15,29H2,1-2H3,(H,30,35)/b31-16-. The van der Waals surface area contributed by atoms with Gasteiger partial charge in [-0.05, 0) is 47.5 Å². The summed E-state index contributed by atoms with van der Waals surface area (Å²) in [6.45, 7) is 0.283. The minimum absolute atomic E-state index is 0.102. The fourth-order valence-corrected chi connectivity index (χ4v) is 3.95. The highest BCUT2D eigenvalue weighted by molar-refractivity contribution is 6.10. The summed E-state index contributed by atoms with van der Waals surface area (Å²) < 4.78 is 11.3. The van der Waals surface area contributed by atoms with E-state index in [0.717, 1.165) is 11.3 Å². The maximum absolute atomic E-state index is 13.3. The van der Waals surface area contributed by atoms with Crippen LogP contribution in [0.3, 0.4) is 0 Å². The van der Waals surface area contributed by atoms with Crippen molar-refractivity contribution in [3.05, 3.63) is 95.1 Å². The van der Waals surface area contributed by atoms with Crippen molar-refractivity contribution in [1.82, 2.24) is 20.0 Å². The van der Waals surface area contributed by atoms with E-state index in [1.807, 2.05) is 48.5 Å².